The first-order chi connectivity index (χ1) is 20.4. The third-order valence-electron chi connectivity index (χ3n) is 8.31. The predicted molar refractivity (Wildman–Crippen MR) is 145 cm³/mol. The zero-order valence-electron chi connectivity index (χ0n) is 24.4. The van der Waals surface area contributed by atoms with Crippen molar-refractivity contribution in [2.24, 2.45) is 0 Å². The van der Waals surface area contributed by atoms with Gasteiger partial charge < -0.3 is 70.6 Å². The second-order valence-corrected chi connectivity index (χ2v) is 11.3. The minimum Gasteiger partial charge on any atom is -0.479 e. The minimum atomic E-state index is -2.98. The standard InChI is InChI=1S/C27H49NO15/c1-2-3-4-5-6-7-8-9-10-11-16(32)28-26(13-30,25(39)40)27(14-31)22(37)18(34)20(36)24(43-27)42-21-15(12-29)41-23(38)19(35)17(21)33/h15,17-24,29-31,33-38H,2-14H2,1H3,(H,28,32)(H,39,40)/t15-,17-,18-,19-,20-,21-,22-,23-,24+,26?,27-/m1/s1. The van der Waals surface area contributed by atoms with Crippen LogP contribution >= 0.6 is 0 Å². The largest absolute Gasteiger partial charge is 0.479 e. The smallest absolute Gasteiger partial charge is 0.335 e. The molecule has 11 N–H and O–H groups in total. The number of hydrogen-bond donors (Lipinski definition) is 11. The maximum absolute atomic E-state index is 12.9. The number of carboxylic acid groups (broad SMARTS) is 1. The highest BCUT2D eigenvalue weighted by Gasteiger charge is 2.68. The molecule has 0 aliphatic carbocycles. The van der Waals surface area contributed by atoms with Gasteiger partial charge in [-0.2, -0.15) is 0 Å². The summed E-state index contributed by atoms with van der Waals surface area (Å²) >= 11 is 0. The Kier molecular flexibility index (Phi) is 15.1. The number of hydrogen-bond acceptors (Lipinski definition) is 14. The van der Waals surface area contributed by atoms with Crippen molar-refractivity contribution in [1.29, 1.82) is 0 Å². The van der Waals surface area contributed by atoms with Crippen LogP contribution in [0.4, 0.5) is 0 Å². The van der Waals surface area contributed by atoms with E-state index in [4.69, 9.17) is 14.2 Å². The Morgan fingerprint density at radius 3 is 1.93 bits per heavy atom. The summed E-state index contributed by atoms with van der Waals surface area (Å²) in [6, 6.07) is 0. The number of carbonyl (C=O) groups is 2. The van der Waals surface area contributed by atoms with Gasteiger partial charge in [0, 0.05) is 6.42 Å². The van der Waals surface area contributed by atoms with Gasteiger partial charge >= 0.3 is 5.97 Å². The van der Waals surface area contributed by atoms with Crippen LogP contribution in [-0.2, 0) is 23.8 Å². The zero-order chi connectivity index (χ0) is 32.4. The molecule has 1 amide bonds. The van der Waals surface area contributed by atoms with Gasteiger partial charge in [0.15, 0.2) is 23.7 Å². The molecule has 2 fully saturated rings. The third-order valence-corrected chi connectivity index (χ3v) is 8.31. The van der Waals surface area contributed by atoms with Crippen LogP contribution in [-0.4, -0.2) is 149 Å². The Bertz CT molecular complexity index is 864. The van der Waals surface area contributed by atoms with Crippen LogP contribution < -0.4 is 5.32 Å². The molecule has 11 atom stereocenters. The first-order valence-electron chi connectivity index (χ1n) is 14.8. The fourth-order valence-corrected chi connectivity index (χ4v) is 5.57. The number of nitrogens with one attached hydrogen (secondary N) is 1. The average molecular weight is 628 g/mol. The lowest BCUT2D eigenvalue weighted by atomic mass is 9.71. The van der Waals surface area contributed by atoms with Crippen molar-refractivity contribution in [3.8, 4) is 0 Å². The molecule has 0 aromatic rings. The van der Waals surface area contributed by atoms with E-state index in [1.807, 2.05) is 0 Å². The van der Waals surface area contributed by atoms with Crippen molar-refractivity contribution in [3.05, 3.63) is 0 Å². The number of aliphatic carboxylic acids is 1. The molecule has 0 aromatic carbocycles. The van der Waals surface area contributed by atoms with Crippen LogP contribution in [0.2, 0.25) is 0 Å². The fraction of sp³-hybridized carbons (Fsp3) is 0.926. The number of rotatable bonds is 18. The Morgan fingerprint density at radius 1 is 0.837 bits per heavy atom. The molecule has 0 radical (unpaired) electrons. The molecule has 2 aliphatic rings. The molecule has 0 bridgehead atoms. The van der Waals surface area contributed by atoms with E-state index in [1.165, 1.54) is 6.42 Å². The van der Waals surface area contributed by atoms with Crippen molar-refractivity contribution in [2.45, 2.75) is 138 Å². The normalized spacial score (nSPS) is 36.2. The number of amides is 1. The SMILES string of the molecule is CCCCCCCCCCCC(=O)NC(CO)(C(=O)O)[C@]1(CO)O[C@H](O[C@H]2[C@H](O)[C@@H](O)[C@H](O)O[C@@H]2CO)[C@H](O)[C@@H](O)[C@H]1O. The van der Waals surface area contributed by atoms with Crippen molar-refractivity contribution < 1.29 is 74.9 Å². The summed E-state index contributed by atoms with van der Waals surface area (Å²) in [5.41, 5.74) is -5.91. The van der Waals surface area contributed by atoms with Crippen molar-refractivity contribution in [3.63, 3.8) is 0 Å². The van der Waals surface area contributed by atoms with Gasteiger partial charge in [0.25, 0.3) is 0 Å². The summed E-state index contributed by atoms with van der Waals surface area (Å²) in [7, 11) is 0. The van der Waals surface area contributed by atoms with Crippen LogP contribution in [0.25, 0.3) is 0 Å². The molecule has 43 heavy (non-hydrogen) atoms. The molecule has 0 aromatic heterocycles. The molecule has 16 heteroatoms. The second-order valence-electron chi connectivity index (χ2n) is 11.3. The van der Waals surface area contributed by atoms with Gasteiger partial charge in [-0.3, -0.25) is 4.79 Å². The Hall–Kier alpha value is -1.54. The van der Waals surface area contributed by atoms with Gasteiger partial charge in [-0.25, -0.2) is 4.79 Å². The molecular weight excluding hydrogens is 578 g/mol. The Morgan fingerprint density at radius 2 is 1.42 bits per heavy atom. The zero-order valence-corrected chi connectivity index (χ0v) is 24.4. The monoisotopic (exact) mass is 627 g/mol. The molecular formula is C27H49NO15. The fourth-order valence-electron chi connectivity index (χ4n) is 5.57. The number of unbranched alkanes of at least 4 members (excludes halogenated alkanes) is 8. The highest BCUT2D eigenvalue weighted by Crippen LogP contribution is 2.40. The van der Waals surface area contributed by atoms with Crippen molar-refractivity contribution in [2.75, 3.05) is 19.8 Å². The highest BCUT2D eigenvalue weighted by atomic mass is 16.7. The van der Waals surface area contributed by atoms with Gasteiger partial charge in [0.05, 0.1) is 19.8 Å². The summed E-state index contributed by atoms with van der Waals surface area (Å²) in [4.78, 5) is 25.5. The Balaban J connectivity index is 2.23. The number of aliphatic hydroxyl groups is 9. The minimum absolute atomic E-state index is 0.169. The van der Waals surface area contributed by atoms with Crippen LogP contribution in [0.5, 0.6) is 0 Å². The molecule has 0 saturated carbocycles. The van der Waals surface area contributed by atoms with E-state index in [1.54, 1.807) is 0 Å². The van der Waals surface area contributed by atoms with Crippen molar-refractivity contribution in [1.82, 2.24) is 5.32 Å². The third kappa shape index (κ3) is 8.39. The maximum Gasteiger partial charge on any atom is 0.335 e. The summed E-state index contributed by atoms with van der Waals surface area (Å²) in [6.07, 6.45) is -9.81. The van der Waals surface area contributed by atoms with E-state index in [2.05, 4.69) is 12.2 Å². The van der Waals surface area contributed by atoms with Gasteiger partial charge in [0.2, 0.25) is 5.91 Å². The summed E-state index contributed by atoms with van der Waals surface area (Å²) < 4.78 is 16.0. The van der Waals surface area contributed by atoms with Crippen LogP contribution in [0.1, 0.15) is 71.1 Å². The first kappa shape index (κ1) is 37.6. The van der Waals surface area contributed by atoms with Crippen LogP contribution in [0.3, 0.4) is 0 Å². The molecule has 2 saturated heterocycles. The van der Waals surface area contributed by atoms with Crippen LogP contribution in [0.15, 0.2) is 0 Å². The topological polar surface area (TPSA) is 276 Å². The summed E-state index contributed by atoms with van der Waals surface area (Å²) in [5, 5.41) is 105. The van der Waals surface area contributed by atoms with Crippen LogP contribution in [0, 0.1) is 0 Å². The number of aliphatic hydroxyl groups excluding tert-OH is 9. The molecule has 1 unspecified atom stereocenters. The lowest BCUT2D eigenvalue weighted by molar-refractivity contribution is -0.384. The molecule has 0 spiro atoms. The average Bonchev–Trinajstić information content (AvgIpc) is 2.99. The van der Waals surface area contributed by atoms with E-state index >= 15 is 0 Å². The van der Waals surface area contributed by atoms with Gasteiger partial charge in [0.1, 0.15) is 42.7 Å². The lowest BCUT2D eigenvalue weighted by Gasteiger charge is -2.55. The van der Waals surface area contributed by atoms with Gasteiger partial charge in [-0.1, -0.05) is 58.3 Å². The first-order valence-corrected chi connectivity index (χ1v) is 14.8. The number of ether oxygens (including phenoxy) is 3. The molecule has 2 heterocycles. The van der Waals surface area contributed by atoms with Gasteiger partial charge in [-0.05, 0) is 6.42 Å². The Labute approximate surface area is 249 Å². The van der Waals surface area contributed by atoms with Crippen molar-refractivity contribution >= 4 is 11.9 Å². The number of carboxylic acids is 1. The number of carbonyl (C=O) groups excluding carboxylic acids is 1. The van der Waals surface area contributed by atoms with E-state index in [0.29, 0.717) is 12.8 Å². The molecule has 16 nitrogen and oxygen atoms in total. The lowest BCUT2D eigenvalue weighted by Crippen LogP contribution is -2.82. The summed E-state index contributed by atoms with van der Waals surface area (Å²) in [6.45, 7) is -1.63. The second kappa shape index (κ2) is 17.2. The van der Waals surface area contributed by atoms with E-state index < -0.39 is 98.1 Å². The van der Waals surface area contributed by atoms with E-state index in [9.17, 15) is 60.7 Å². The van der Waals surface area contributed by atoms with Gasteiger partial charge in [-0.15, -0.1) is 0 Å². The highest BCUT2D eigenvalue weighted by molar-refractivity contribution is 5.89. The predicted octanol–water partition coefficient (Wildman–Crippen LogP) is -3.17. The van der Waals surface area contributed by atoms with E-state index in [0.717, 1.165) is 38.5 Å². The molecule has 2 aliphatic heterocycles. The molecule has 2 rings (SSSR count). The summed E-state index contributed by atoms with van der Waals surface area (Å²) in [5.74, 6) is -2.83. The maximum atomic E-state index is 12.9. The van der Waals surface area contributed by atoms with E-state index in [-0.39, 0.29) is 6.42 Å². The quantitative estimate of drug-likeness (QED) is 0.0669. The molecule has 252 valence electrons.